The van der Waals surface area contributed by atoms with Crippen molar-refractivity contribution in [3.8, 4) is 0 Å². The van der Waals surface area contributed by atoms with E-state index in [4.69, 9.17) is 4.74 Å². The molecule has 4 nitrogen and oxygen atoms in total. The smallest absolute Gasteiger partial charge is 0.190 e. The number of carbonyl (C=O) groups excluding carboxylic acids is 2. The van der Waals surface area contributed by atoms with E-state index in [9.17, 15) is 14.7 Å². The van der Waals surface area contributed by atoms with Crippen LogP contribution in [0.3, 0.4) is 0 Å². The molecular weight excluding hydrogens is 335 g/mol. The number of ketones is 2. The van der Waals surface area contributed by atoms with E-state index in [-0.39, 0.29) is 36.4 Å². The van der Waals surface area contributed by atoms with E-state index in [1.807, 2.05) is 13.8 Å². The average Bonchev–Trinajstić information content (AvgIpc) is 2.90. The molecule has 0 unspecified atom stereocenters. The second-order valence-corrected chi connectivity index (χ2v) is 9.70. The molecule has 0 aromatic carbocycles. The maximum absolute atomic E-state index is 16.8. The second-order valence-electron chi connectivity index (χ2n) is 9.70. The molecule has 0 bridgehead atoms. The van der Waals surface area contributed by atoms with Crippen molar-refractivity contribution in [2.45, 2.75) is 76.2 Å². The van der Waals surface area contributed by atoms with Crippen molar-refractivity contribution < 1.29 is 23.8 Å². The minimum Gasteiger partial charge on any atom is -0.390 e. The van der Waals surface area contributed by atoms with E-state index in [1.54, 1.807) is 6.08 Å². The number of Topliss-reactive ketones (excluding diaryl/α,β-unsaturated/α-hetero) is 1. The SMILES string of the molecule is C[C@]12C[C@H](O)[C@@]3(F)[C@H](CCC4=CC(=O)CC[C@]43C)[C@H]1CC[C@@]21OCC1=O. The first-order valence-electron chi connectivity index (χ1n) is 9.97. The molecule has 142 valence electrons. The van der Waals surface area contributed by atoms with E-state index in [0.717, 1.165) is 12.0 Å². The van der Waals surface area contributed by atoms with Gasteiger partial charge in [0, 0.05) is 23.2 Å². The number of rotatable bonds is 0. The first-order chi connectivity index (χ1) is 12.2. The Morgan fingerprint density at radius 1 is 1.15 bits per heavy atom. The molecule has 1 heterocycles. The van der Waals surface area contributed by atoms with Gasteiger partial charge in [-0.1, -0.05) is 19.4 Å². The predicted molar refractivity (Wildman–Crippen MR) is 92.1 cm³/mol. The van der Waals surface area contributed by atoms with Gasteiger partial charge in [0.2, 0.25) is 0 Å². The number of allylic oxidation sites excluding steroid dienone is 1. The Kier molecular flexibility index (Phi) is 3.18. The van der Waals surface area contributed by atoms with Gasteiger partial charge in [0.1, 0.15) is 17.9 Å². The van der Waals surface area contributed by atoms with Crippen LogP contribution in [0.1, 0.15) is 58.8 Å². The van der Waals surface area contributed by atoms with Gasteiger partial charge in [0.15, 0.2) is 11.6 Å². The molecule has 4 aliphatic carbocycles. The molecule has 4 fully saturated rings. The number of hydrogen-bond donors (Lipinski definition) is 1. The van der Waals surface area contributed by atoms with Crippen LogP contribution in [0.4, 0.5) is 4.39 Å². The Labute approximate surface area is 153 Å². The topological polar surface area (TPSA) is 63.6 Å². The van der Waals surface area contributed by atoms with Gasteiger partial charge in [-0.25, -0.2) is 4.39 Å². The van der Waals surface area contributed by atoms with Crippen molar-refractivity contribution in [1.82, 2.24) is 0 Å². The molecule has 1 N–H and O–H groups in total. The van der Waals surface area contributed by atoms with Crippen molar-refractivity contribution in [2.75, 3.05) is 6.61 Å². The maximum Gasteiger partial charge on any atom is 0.190 e. The van der Waals surface area contributed by atoms with Crippen LogP contribution in [0.15, 0.2) is 11.6 Å². The van der Waals surface area contributed by atoms with Gasteiger partial charge in [-0.3, -0.25) is 9.59 Å². The van der Waals surface area contributed by atoms with Gasteiger partial charge < -0.3 is 9.84 Å². The van der Waals surface area contributed by atoms with E-state index in [0.29, 0.717) is 32.1 Å². The minimum atomic E-state index is -1.74. The molecule has 1 aliphatic heterocycles. The van der Waals surface area contributed by atoms with Crippen LogP contribution in [0.25, 0.3) is 0 Å². The summed E-state index contributed by atoms with van der Waals surface area (Å²) in [4.78, 5) is 24.3. The fourth-order valence-electron chi connectivity index (χ4n) is 7.56. The highest BCUT2D eigenvalue weighted by Gasteiger charge is 2.76. The van der Waals surface area contributed by atoms with Crippen LogP contribution in [0.2, 0.25) is 0 Å². The summed E-state index contributed by atoms with van der Waals surface area (Å²) in [6.07, 6.45) is 4.33. The summed E-state index contributed by atoms with van der Waals surface area (Å²) < 4.78 is 22.6. The highest BCUT2D eigenvalue weighted by molar-refractivity contribution is 5.94. The summed E-state index contributed by atoms with van der Waals surface area (Å²) in [6, 6.07) is 0. The van der Waals surface area contributed by atoms with Crippen molar-refractivity contribution in [2.24, 2.45) is 22.7 Å². The first kappa shape index (κ1) is 17.1. The lowest BCUT2D eigenvalue weighted by atomic mass is 9.43. The third kappa shape index (κ3) is 1.60. The monoisotopic (exact) mass is 362 g/mol. The zero-order valence-electron chi connectivity index (χ0n) is 15.5. The van der Waals surface area contributed by atoms with Gasteiger partial charge in [0.05, 0.1) is 6.10 Å². The molecular formula is C21H27FO4. The molecule has 0 aromatic rings. The quantitative estimate of drug-likeness (QED) is 0.720. The largest absolute Gasteiger partial charge is 0.390 e. The van der Waals surface area contributed by atoms with Crippen LogP contribution in [0.5, 0.6) is 0 Å². The minimum absolute atomic E-state index is 0.0381. The molecule has 7 atom stereocenters. The second kappa shape index (κ2) is 4.85. The predicted octanol–water partition coefficient (Wildman–Crippen LogP) is 2.92. The lowest BCUT2D eigenvalue weighted by Gasteiger charge is -2.64. The Morgan fingerprint density at radius 3 is 2.58 bits per heavy atom. The molecule has 26 heavy (non-hydrogen) atoms. The van der Waals surface area contributed by atoms with Gasteiger partial charge in [0.25, 0.3) is 0 Å². The lowest BCUT2D eigenvalue weighted by molar-refractivity contribution is -0.250. The van der Waals surface area contributed by atoms with E-state index < -0.39 is 28.2 Å². The molecule has 5 rings (SSSR count). The molecule has 0 amide bonds. The summed E-state index contributed by atoms with van der Waals surface area (Å²) in [6.45, 7) is 4.08. The summed E-state index contributed by atoms with van der Waals surface area (Å²) in [5, 5.41) is 11.1. The third-order valence-electron chi connectivity index (χ3n) is 9.06. The number of hydrogen-bond acceptors (Lipinski definition) is 4. The van der Waals surface area contributed by atoms with Gasteiger partial charge in [-0.15, -0.1) is 0 Å². The molecule has 0 aromatic heterocycles. The fraction of sp³-hybridized carbons (Fsp3) is 0.810. The Bertz CT molecular complexity index is 746. The molecule has 3 saturated carbocycles. The number of fused-ring (bicyclic) bond motifs is 6. The van der Waals surface area contributed by atoms with Crippen molar-refractivity contribution >= 4 is 11.6 Å². The standard InChI is InChI=1S/C21H27FO4/c1-18-7-5-13(23)9-12(18)3-4-15-14-6-8-20(17(25)11-26-20)19(14,2)10-16(24)21(15,18)22/h9,14-16,24H,3-8,10-11H2,1-2H3/t14-,15-,16+,18-,19+,20+,21+/m1/s1. The normalized spacial score (nSPS) is 55.7. The molecule has 1 saturated heterocycles. The Morgan fingerprint density at radius 2 is 1.92 bits per heavy atom. The van der Waals surface area contributed by atoms with Crippen LogP contribution in [0, 0.1) is 22.7 Å². The Balaban J connectivity index is 1.61. The van der Waals surface area contributed by atoms with Crippen LogP contribution < -0.4 is 0 Å². The van der Waals surface area contributed by atoms with Gasteiger partial charge in [-0.05, 0) is 50.5 Å². The number of alkyl halides is 1. The summed E-state index contributed by atoms with van der Waals surface area (Å²) in [5.74, 6) is -0.0611. The zero-order chi connectivity index (χ0) is 18.5. The highest BCUT2D eigenvalue weighted by Crippen LogP contribution is 2.71. The third-order valence-corrected chi connectivity index (χ3v) is 9.06. The number of aliphatic hydroxyl groups is 1. The summed E-state index contributed by atoms with van der Waals surface area (Å²) in [7, 11) is 0. The molecule has 1 spiro atoms. The van der Waals surface area contributed by atoms with E-state index in [2.05, 4.69) is 0 Å². The number of halogens is 1. The highest BCUT2D eigenvalue weighted by atomic mass is 19.1. The van der Waals surface area contributed by atoms with E-state index >= 15 is 4.39 Å². The number of carbonyl (C=O) groups is 2. The van der Waals surface area contributed by atoms with Crippen molar-refractivity contribution in [3.63, 3.8) is 0 Å². The van der Waals surface area contributed by atoms with Gasteiger partial charge >= 0.3 is 0 Å². The van der Waals surface area contributed by atoms with Crippen LogP contribution in [-0.4, -0.2) is 40.7 Å². The van der Waals surface area contributed by atoms with Crippen molar-refractivity contribution in [1.29, 1.82) is 0 Å². The zero-order valence-corrected chi connectivity index (χ0v) is 15.5. The van der Waals surface area contributed by atoms with Crippen LogP contribution >= 0.6 is 0 Å². The van der Waals surface area contributed by atoms with Crippen LogP contribution in [-0.2, 0) is 14.3 Å². The fourth-order valence-corrected chi connectivity index (χ4v) is 7.56. The molecule has 5 aliphatic rings. The molecule has 5 heteroatoms. The van der Waals surface area contributed by atoms with E-state index in [1.165, 1.54) is 0 Å². The lowest BCUT2D eigenvalue weighted by Crippen LogP contribution is -2.71. The molecule has 0 radical (unpaired) electrons. The van der Waals surface area contributed by atoms with Gasteiger partial charge in [-0.2, -0.15) is 0 Å². The Hall–Kier alpha value is -1.07. The first-order valence-corrected chi connectivity index (χ1v) is 9.97. The summed E-state index contributed by atoms with van der Waals surface area (Å²) in [5.41, 5.74) is -2.95. The maximum atomic E-state index is 16.8. The average molecular weight is 362 g/mol. The van der Waals surface area contributed by atoms with Crippen molar-refractivity contribution in [3.05, 3.63) is 11.6 Å². The number of ether oxygens (including phenoxy) is 1. The summed E-state index contributed by atoms with van der Waals surface area (Å²) >= 11 is 0. The number of aliphatic hydroxyl groups excluding tert-OH is 1.